The number of aromatic nitrogens is 2. The summed E-state index contributed by atoms with van der Waals surface area (Å²) in [6.07, 6.45) is 0.919. The summed E-state index contributed by atoms with van der Waals surface area (Å²) < 4.78 is 2.39. The van der Waals surface area contributed by atoms with Crippen LogP contribution < -0.4 is 10.9 Å². The lowest BCUT2D eigenvalue weighted by Gasteiger charge is -2.14. The number of nitrogens with one attached hydrogen (secondary N) is 1. The van der Waals surface area contributed by atoms with E-state index in [1.807, 2.05) is 66.7 Å². The van der Waals surface area contributed by atoms with Crippen LogP contribution >= 0.6 is 27.7 Å². The van der Waals surface area contributed by atoms with Gasteiger partial charge in [0.1, 0.15) is 0 Å². The highest BCUT2D eigenvalue weighted by atomic mass is 79.9. The van der Waals surface area contributed by atoms with Gasteiger partial charge in [0.05, 0.1) is 28.0 Å². The Bertz CT molecular complexity index is 1300. The second kappa shape index (κ2) is 9.49. The Labute approximate surface area is 192 Å². The Morgan fingerprint density at radius 3 is 2.48 bits per heavy atom. The fourth-order valence-electron chi connectivity index (χ4n) is 3.20. The second-order valence-corrected chi connectivity index (χ2v) is 8.69. The van der Waals surface area contributed by atoms with Gasteiger partial charge in [-0.2, -0.15) is 0 Å². The molecule has 0 saturated heterocycles. The zero-order valence-electron chi connectivity index (χ0n) is 16.8. The number of para-hydroxylation sites is 2. The van der Waals surface area contributed by atoms with E-state index in [1.165, 1.54) is 17.3 Å². The molecule has 0 atom stereocenters. The minimum absolute atomic E-state index is 0.124. The van der Waals surface area contributed by atoms with Crippen molar-refractivity contribution in [2.45, 2.75) is 18.5 Å². The van der Waals surface area contributed by atoms with Crippen LogP contribution in [0.2, 0.25) is 0 Å². The standard InChI is InChI=1S/C24H20BrN3O2S/c1-2-16-11-13-17(14-12-16)28-23(30)18-7-3-5-9-20(18)27-24(28)31-15-22(29)26-21-10-6-4-8-19(21)25/h3-14H,2,15H2,1H3,(H,26,29). The van der Waals surface area contributed by atoms with E-state index >= 15 is 0 Å². The number of hydrogen-bond donors (Lipinski definition) is 1. The Morgan fingerprint density at radius 1 is 1.03 bits per heavy atom. The molecule has 0 aliphatic heterocycles. The summed E-state index contributed by atoms with van der Waals surface area (Å²) in [6, 6.07) is 22.5. The minimum atomic E-state index is -0.174. The van der Waals surface area contributed by atoms with Gasteiger partial charge < -0.3 is 5.32 Å². The summed E-state index contributed by atoms with van der Waals surface area (Å²) in [5.74, 6) is -0.0497. The maximum absolute atomic E-state index is 13.3. The van der Waals surface area contributed by atoms with Crippen LogP contribution in [0, 0.1) is 0 Å². The summed E-state index contributed by atoms with van der Waals surface area (Å²) >= 11 is 4.67. The Balaban J connectivity index is 1.68. The summed E-state index contributed by atoms with van der Waals surface area (Å²) in [5, 5.41) is 3.91. The highest BCUT2D eigenvalue weighted by molar-refractivity contribution is 9.10. The third-order valence-electron chi connectivity index (χ3n) is 4.83. The number of nitrogens with zero attached hydrogens (tertiary/aromatic N) is 2. The van der Waals surface area contributed by atoms with Gasteiger partial charge in [0, 0.05) is 4.47 Å². The number of carbonyl (C=O) groups excluding carboxylic acids is 1. The van der Waals surface area contributed by atoms with Crippen molar-refractivity contribution in [1.82, 2.24) is 9.55 Å². The van der Waals surface area contributed by atoms with Crippen molar-refractivity contribution in [3.05, 3.63) is 93.2 Å². The first kappa shape index (κ1) is 21.3. The van der Waals surface area contributed by atoms with Crippen molar-refractivity contribution < 1.29 is 4.79 Å². The number of rotatable bonds is 6. The molecular formula is C24H20BrN3O2S. The number of thioether (sulfide) groups is 1. The van der Waals surface area contributed by atoms with E-state index in [2.05, 4.69) is 33.2 Å². The van der Waals surface area contributed by atoms with Crippen LogP contribution in [0.4, 0.5) is 5.69 Å². The maximum Gasteiger partial charge on any atom is 0.266 e. The van der Waals surface area contributed by atoms with Crippen LogP contribution in [0.15, 0.2) is 87.2 Å². The molecule has 5 nitrogen and oxygen atoms in total. The van der Waals surface area contributed by atoms with Gasteiger partial charge in [-0.3, -0.25) is 14.2 Å². The number of anilines is 1. The lowest BCUT2D eigenvalue weighted by molar-refractivity contribution is -0.113. The Morgan fingerprint density at radius 2 is 1.74 bits per heavy atom. The van der Waals surface area contributed by atoms with E-state index in [1.54, 1.807) is 10.6 Å². The monoisotopic (exact) mass is 493 g/mol. The van der Waals surface area contributed by atoms with E-state index in [9.17, 15) is 9.59 Å². The molecule has 0 aliphatic carbocycles. The zero-order valence-corrected chi connectivity index (χ0v) is 19.2. The van der Waals surface area contributed by atoms with E-state index in [0.29, 0.717) is 21.7 Å². The molecule has 7 heteroatoms. The molecule has 156 valence electrons. The van der Waals surface area contributed by atoms with Crippen LogP contribution in [0.25, 0.3) is 16.6 Å². The molecule has 31 heavy (non-hydrogen) atoms. The number of halogens is 1. The topological polar surface area (TPSA) is 64.0 Å². The van der Waals surface area contributed by atoms with Gasteiger partial charge in [0.2, 0.25) is 5.91 Å². The number of amides is 1. The van der Waals surface area contributed by atoms with Crippen molar-refractivity contribution in [2.75, 3.05) is 11.1 Å². The predicted octanol–water partition coefficient (Wildman–Crippen LogP) is 5.44. The summed E-state index contributed by atoms with van der Waals surface area (Å²) in [5.41, 5.74) is 3.08. The lowest BCUT2D eigenvalue weighted by atomic mass is 10.1. The molecule has 0 spiro atoms. The fourth-order valence-corrected chi connectivity index (χ4v) is 4.39. The Hall–Kier alpha value is -2.90. The molecule has 3 aromatic carbocycles. The van der Waals surface area contributed by atoms with Crippen LogP contribution in [0.3, 0.4) is 0 Å². The fraction of sp³-hybridized carbons (Fsp3) is 0.125. The molecule has 0 radical (unpaired) electrons. The molecule has 4 rings (SSSR count). The average molecular weight is 494 g/mol. The van der Waals surface area contributed by atoms with Gasteiger partial charge in [0.15, 0.2) is 5.16 Å². The SMILES string of the molecule is CCc1ccc(-n2c(SCC(=O)Nc3ccccc3Br)nc3ccccc3c2=O)cc1. The smallest absolute Gasteiger partial charge is 0.266 e. The normalized spacial score (nSPS) is 10.9. The summed E-state index contributed by atoms with van der Waals surface area (Å²) in [4.78, 5) is 30.5. The van der Waals surface area contributed by atoms with Gasteiger partial charge in [-0.15, -0.1) is 0 Å². The van der Waals surface area contributed by atoms with Crippen molar-refractivity contribution in [2.24, 2.45) is 0 Å². The summed E-state index contributed by atoms with van der Waals surface area (Å²) in [6.45, 7) is 2.09. The minimum Gasteiger partial charge on any atom is -0.324 e. The van der Waals surface area contributed by atoms with Gasteiger partial charge in [-0.25, -0.2) is 4.98 Å². The van der Waals surface area contributed by atoms with Crippen LogP contribution in [0.1, 0.15) is 12.5 Å². The third kappa shape index (κ3) is 4.73. The molecule has 0 fully saturated rings. The summed E-state index contributed by atoms with van der Waals surface area (Å²) in [7, 11) is 0. The van der Waals surface area contributed by atoms with Gasteiger partial charge in [0.25, 0.3) is 5.56 Å². The van der Waals surface area contributed by atoms with Gasteiger partial charge >= 0.3 is 0 Å². The molecule has 0 aliphatic rings. The van der Waals surface area contributed by atoms with Crippen molar-refractivity contribution in [1.29, 1.82) is 0 Å². The Kier molecular flexibility index (Phi) is 6.53. The van der Waals surface area contributed by atoms with Crippen molar-refractivity contribution >= 4 is 50.2 Å². The highest BCUT2D eigenvalue weighted by Gasteiger charge is 2.15. The van der Waals surface area contributed by atoms with Gasteiger partial charge in [-0.1, -0.05) is 55.1 Å². The molecule has 1 amide bonds. The number of hydrogen-bond acceptors (Lipinski definition) is 4. The quantitative estimate of drug-likeness (QED) is 0.286. The second-order valence-electron chi connectivity index (χ2n) is 6.89. The van der Waals surface area contributed by atoms with E-state index in [-0.39, 0.29) is 17.2 Å². The highest BCUT2D eigenvalue weighted by Crippen LogP contribution is 2.24. The third-order valence-corrected chi connectivity index (χ3v) is 6.46. The molecule has 0 unspecified atom stereocenters. The first-order chi connectivity index (χ1) is 15.1. The molecule has 0 saturated carbocycles. The number of carbonyl (C=O) groups is 1. The van der Waals surface area contributed by atoms with Crippen LogP contribution in [-0.2, 0) is 11.2 Å². The first-order valence-corrected chi connectivity index (χ1v) is 11.6. The first-order valence-electron chi connectivity index (χ1n) is 9.85. The lowest BCUT2D eigenvalue weighted by Crippen LogP contribution is -2.23. The van der Waals surface area contributed by atoms with Crippen molar-refractivity contribution in [3.8, 4) is 5.69 Å². The predicted molar refractivity (Wildman–Crippen MR) is 130 cm³/mol. The molecular weight excluding hydrogens is 474 g/mol. The van der Waals surface area contributed by atoms with Crippen molar-refractivity contribution in [3.63, 3.8) is 0 Å². The van der Waals surface area contributed by atoms with E-state index in [0.717, 1.165) is 16.6 Å². The molecule has 1 N–H and O–H groups in total. The van der Waals surface area contributed by atoms with Crippen LogP contribution in [0.5, 0.6) is 0 Å². The van der Waals surface area contributed by atoms with E-state index < -0.39 is 0 Å². The molecule has 4 aromatic rings. The number of aryl methyl sites for hydroxylation is 1. The average Bonchev–Trinajstić information content (AvgIpc) is 2.79. The number of benzene rings is 3. The molecule has 0 bridgehead atoms. The maximum atomic E-state index is 13.3. The largest absolute Gasteiger partial charge is 0.324 e. The number of fused-ring (bicyclic) bond motifs is 1. The van der Waals surface area contributed by atoms with E-state index in [4.69, 9.17) is 0 Å². The molecule has 1 heterocycles. The van der Waals surface area contributed by atoms with Crippen LogP contribution in [-0.4, -0.2) is 21.2 Å². The molecule has 1 aromatic heterocycles. The zero-order chi connectivity index (χ0) is 21.8. The van der Waals surface area contributed by atoms with Gasteiger partial charge in [-0.05, 0) is 64.3 Å².